The van der Waals surface area contributed by atoms with Crippen LogP contribution >= 0.6 is 0 Å². The minimum atomic E-state index is -1.50. The van der Waals surface area contributed by atoms with Crippen LogP contribution in [0.4, 0.5) is 4.79 Å². The van der Waals surface area contributed by atoms with Crippen LogP contribution in [0.2, 0.25) is 0 Å². The fourth-order valence-corrected chi connectivity index (χ4v) is 3.23. The average Bonchev–Trinajstić information content (AvgIpc) is 2.69. The van der Waals surface area contributed by atoms with E-state index in [-0.39, 0.29) is 29.6 Å². The molecular formula is C22H36O7. The quantitative estimate of drug-likeness (QED) is 0.209. The van der Waals surface area contributed by atoms with Crippen LogP contribution in [0.5, 0.6) is 28.7 Å². The standard InChI is InChI=1S/C22H36O7/c1-5-9-10-11-12-13-14-15-16-18(29-22(24)25)17(23)20(27-7-3)21(28-8-4)19(16)26-6-2/h23H,5-15H2,1-4H3,(H,24,25). The Kier molecular flexibility index (Phi) is 11.8. The SMILES string of the molecule is CCCCCCCCCc1c(OC(=O)O)c(O)c(OCC)c(OCC)c1OCC. The van der Waals surface area contributed by atoms with Crippen molar-refractivity contribution in [2.24, 2.45) is 0 Å². The van der Waals surface area contributed by atoms with E-state index in [1.54, 1.807) is 6.92 Å². The van der Waals surface area contributed by atoms with Crippen molar-refractivity contribution < 1.29 is 34.0 Å². The molecule has 0 fully saturated rings. The van der Waals surface area contributed by atoms with E-state index in [1.807, 2.05) is 13.8 Å². The van der Waals surface area contributed by atoms with Gasteiger partial charge in [-0.05, 0) is 33.6 Å². The van der Waals surface area contributed by atoms with E-state index in [0.29, 0.717) is 30.9 Å². The van der Waals surface area contributed by atoms with Gasteiger partial charge in [-0.1, -0.05) is 45.4 Å². The van der Waals surface area contributed by atoms with E-state index in [1.165, 1.54) is 25.7 Å². The highest BCUT2D eigenvalue weighted by molar-refractivity contribution is 5.73. The van der Waals surface area contributed by atoms with Crippen molar-refractivity contribution in [3.63, 3.8) is 0 Å². The first-order chi connectivity index (χ1) is 14.0. The molecule has 1 aromatic carbocycles. The Balaban J connectivity index is 3.23. The van der Waals surface area contributed by atoms with E-state index in [4.69, 9.17) is 18.9 Å². The molecule has 7 nitrogen and oxygen atoms in total. The van der Waals surface area contributed by atoms with Crippen molar-refractivity contribution >= 4 is 6.16 Å². The van der Waals surface area contributed by atoms with E-state index >= 15 is 0 Å². The molecule has 0 spiro atoms. The van der Waals surface area contributed by atoms with Gasteiger partial charge in [0.05, 0.1) is 19.8 Å². The van der Waals surface area contributed by atoms with E-state index in [2.05, 4.69) is 6.92 Å². The Bertz CT molecular complexity index is 628. The van der Waals surface area contributed by atoms with Gasteiger partial charge < -0.3 is 29.2 Å². The van der Waals surface area contributed by atoms with Gasteiger partial charge in [0.1, 0.15) is 0 Å². The first-order valence-electron chi connectivity index (χ1n) is 10.7. The molecule has 2 N–H and O–H groups in total. The maximum absolute atomic E-state index is 11.3. The zero-order valence-corrected chi connectivity index (χ0v) is 18.2. The molecule has 0 saturated heterocycles. The Morgan fingerprint density at radius 1 is 0.724 bits per heavy atom. The number of benzene rings is 1. The number of hydrogen-bond acceptors (Lipinski definition) is 6. The molecular weight excluding hydrogens is 376 g/mol. The second kappa shape index (κ2) is 13.8. The minimum Gasteiger partial charge on any atom is -0.502 e. The molecule has 0 atom stereocenters. The lowest BCUT2D eigenvalue weighted by Crippen LogP contribution is -2.11. The molecule has 0 aliphatic rings. The third kappa shape index (κ3) is 7.55. The van der Waals surface area contributed by atoms with E-state index in [0.717, 1.165) is 19.3 Å². The summed E-state index contributed by atoms with van der Waals surface area (Å²) in [5.74, 6) is 0.178. The van der Waals surface area contributed by atoms with Gasteiger partial charge in [0, 0.05) is 5.56 Å². The third-order valence-corrected chi connectivity index (χ3v) is 4.48. The molecule has 0 aromatic heterocycles. The molecule has 29 heavy (non-hydrogen) atoms. The fraction of sp³-hybridized carbons (Fsp3) is 0.682. The molecule has 0 unspecified atom stereocenters. The number of hydrogen-bond donors (Lipinski definition) is 2. The summed E-state index contributed by atoms with van der Waals surface area (Å²) >= 11 is 0. The van der Waals surface area contributed by atoms with Crippen molar-refractivity contribution in [2.45, 2.75) is 79.1 Å². The monoisotopic (exact) mass is 412 g/mol. The van der Waals surface area contributed by atoms with Gasteiger partial charge in [-0.15, -0.1) is 0 Å². The topological polar surface area (TPSA) is 94.5 Å². The summed E-state index contributed by atoms with van der Waals surface area (Å²) in [6.45, 7) is 8.57. The lowest BCUT2D eigenvalue weighted by molar-refractivity contribution is 0.141. The summed E-state index contributed by atoms with van der Waals surface area (Å²) in [7, 11) is 0. The largest absolute Gasteiger partial charge is 0.511 e. The summed E-state index contributed by atoms with van der Waals surface area (Å²) < 4.78 is 22.0. The Hall–Kier alpha value is -2.31. The Labute approximate surface area is 173 Å². The van der Waals surface area contributed by atoms with Crippen molar-refractivity contribution in [1.82, 2.24) is 0 Å². The highest BCUT2D eigenvalue weighted by atomic mass is 16.7. The molecule has 166 valence electrons. The number of carboxylic acid groups (broad SMARTS) is 1. The van der Waals surface area contributed by atoms with Crippen LogP contribution in [0, 0.1) is 0 Å². The summed E-state index contributed by atoms with van der Waals surface area (Å²) in [5, 5.41) is 19.9. The zero-order chi connectivity index (χ0) is 21.6. The molecule has 0 saturated carbocycles. The first kappa shape index (κ1) is 24.7. The van der Waals surface area contributed by atoms with Gasteiger partial charge in [-0.25, -0.2) is 4.79 Å². The average molecular weight is 413 g/mol. The Morgan fingerprint density at radius 2 is 1.24 bits per heavy atom. The van der Waals surface area contributed by atoms with Crippen LogP contribution < -0.4 is 18.9 Å². The van der Waals surface area contributed by atoms with Gasteiger partial charge in [0.25, 0.3) is 0 Å². The molecule has 0 bridgehead atoms. The number of phenols is 1. The molecule has 0 radical (unpaired) electrons. The van der Waals surface area contributed by atoms with Gasteiger partial charge in [0.15, 0.2) is 11.5 Å². The first-order valence-corrected chi connectivity index (χ1v) is 10.7. The molecule has 0 aliphatic heterocycles. The second-order valence-electron chi connectivity index (χ2n) is 6.68. The lowest BCUT2D eigenvalue weighted by Gasteiger charge is -2.22. The number of unbranched alkanes of at least 4 members (excludes halogenated alkanes) is 6. The van der Waals surface area contributed by atoms with Crippen molar-refractivity contribution in [1.29, 1.82) is 0 Å². The maximum Gasteiger partial charge on any atom is 0.511 e. The van der Waals surface area contributed by atoms with Crippen LogP contribution in [-0.2, 0) is 6.42 Å². The number of phenolic OH excluding ortho intramolecular Hbond substituents is 1. The highest BCUT2D eigenvalue weighted by Gasteiger charge is 2.29. The Morgan fingerprint density at radius 3 is 1.79 bits per heavy atom. The van der Waals surface area contributed by atoms with Gasteiger partial charge in [0.2, 0.25) is 17.2 Å². The molecule has 0 aliphatic carbocycles. The lowest BCUT2D eigenvalue weighted by atomic mass is 10.0. The number of carbonyl (C=O) groups is 1. The van der Waals surface area contributed by atoms with Crippen LogP contribution in [0.25, 0.3) is 0 Å². The second-order valence-corrected chi connectivity index (χ2v) is 6.68. The van der Waals surface area contributed by atoms with E-state index < -0.39 is 6.16 Å². The summed E-state index contributed by atoms with van der Waals surface area (Å²) in [6, 6.07) is 0. The molecule has 1 aromatic rings. The van der Waals surface area contributed by atoms with Crippen molar-refractivity contribution in [3.8, 4) is 28.7 Å². The van der Waals surface area contributed by atoms with Crippen LogP contribution in [-0.4, -0.2) is 36.2 Å². The fourth-order valence-electron chi connectivity index (χ4n) is 3.23. The van der Waals surface area contributed by atoms with Gasteiger partial charge >= 0.3 is 6.16 Å². The van der Waals surface area contributed by atoms with E-state index in [9.17, 15) is 15.0 Å². The van der Waals surface area contributed by atoms with Crippen LogP contribution in [0.3, 0.4) is 0 Å². The maximum atomic E-state index is 11.3. The molecule has 0 amide bonds. The van der Waals surface area contributed by atoms with Crippen molar-refractivity contribution in [3.05, 3.63) is 5.56 Å². The summed E-state index contributed by atoms with van der Waals surface area (Å²) in [4.78, 5) is 11.3. The smallest absolute Gasteiger partial charge is 0.502 e. The summed E-state index contributed by atoms with van der Waals surface area (Å²) in [6.07, 6.45) is 6.80. The number of aromatic hydroxyl groups is 1. The van der Waals surface area contributed by atoms with Gasteiger partial charge in [-0.3, -0.25) is 0 Å². The minimum absolute atomic E-state index is 0.0392. The number of rotatable bonds is 15. The normalized spacial score (nSPS) is 10.6. The van der Waals surface area contributed by atoms with Gasteiger partial charge in [-0.2, -0.15) is 0 Å². The highest BCUT2D eigenvalue weighted by Crippen LogP contribution is 2.53. The zero-order valence-electron chi connectivity index (χ0n) is 18.2. The molecule has 7 heteroatoms. The third-order valence-electron chi connectivity index (χ3n) is 4.48. The molecule has 0 heterocycles. The number of ether oxygens (including phenoxy) is 4. The van der Waals surface area contributed by atoms with Crippen LogP contribution in [0.1, 0.15) is 78.2 Å². The predicted octanol–water partition coefficient (Wildman–Crippen LogP) is 5.94. The summed E-state index contributed by atoms with van der Waals surface area (Å²) in [5.41, 5.74) is 0.493. The predicted molar refractivity (Wildman–Crippen MR) is 112 cm³/mol. The van der Waals surface area contributed by atoms with Crippen molar-refractivity contribution in [2.75, 3.05) is 19.8 Å². The van der Waals surface area contributed by atoms with Crippen LogP contribution in [0.15, 0.2) is 0 Å². The molecule has 1 rings (SSSR count).